The number of hydrogen-bond donors (Lipinski definition) is 1. The minimum Gasteiger partial charge on any atom is -0.392 e. The SMILES string of the molecule is O[C@H]1CC[C@H]2CN(Cc3ccccc3)CC2C1c1ccc(F)cc1. The van der Waals surface area contributed by atoms with Crippen LogP contribution in [0.25, 0.3) is 0 Å². The van der Waals surface area contributed by atoms with Gasteiger partial charge >= 0.3 is 0 Å². The second-order valence-corrected chi connectivity index (χ2v) is 7.33. The molecule has 2 unspecified atom stereocenters. The fourth-order valence-electron chi connectivity index (χ4n) is 4.68. The van der Waals surface area contributed by atoms with Gasteiger partial charge in [-0.05, 0) is 47.9 Å². The number of nitrogens with zero attached hydrogens (tertiary/aromatic N) is 1. The van der Waals surface area contributed by atoms with E-state index in [1.807, 2.05) is 18.2 Å². The van der Waals surface area contributed by atoms with Crippen LogP contribution >= 0.6 is 0 Å². The van der Waals surface area contributed by atoms with Gasteiger partial charge in [-0.3, -0.25) is 4.90 Å². The summed E-state index contributed by atoms with van der Waals surface area (Å²) >= 11 is 0. The molecule has 2 aromatic rings. The lowest BCUT2D eigenvalue weighted by Gasteiger charge is -2.37. The number of rotatable bonds is 3. The first kappa shape index (κ1) is 15.8. The van der Waals surface area contributed by atoms with Crippen LogP contribution in [0.2, 0.25) is 0 Å². The van der Waals surface area contributed by atoms with Crippen molar-refractivity contribution in [3.8, 4) is 0 Å². The van der Waals surface area contributed by atoms with Crippen molar-refractivity contribution in [2.45, 2.75) is 31.4 Å². The van der Waals surface area contributed by atoms with E-state index >= 15 is 0 Å². The molecule has 2 fully saturated rings. The standard InChI is InChI=1S/C21H24FNO/c22-18-9-6-16(7-10-18)21-19-14-23(12-15-4-2-1-3-5-15)13-17(19)8-11-20(21)24/h1-7,9-10,17,19-21,24H,8,11-14H2/t17-,19?,20-,21?/m0/s1. The highest BCUT2D eigenvalue weighted by Gasteiger charge is 2.44. The molecule has 1 aliphatic heterocycles. The van der Waals surface area contributed by atoms with E-state index in [1.54, 1.807) is 0 Å². The zero-order valence-corrected chi connectivity index (χ0v) is 13.8. The molecule has 4 rings (SSSR count). The molecule has 0 aromatic heterocycles. The van der Waals surface area contributed by atoms with E-state index in [1.165, 1.54) is 17.7 Å². The Kier molecular flexibility index (Phi) is 4.38. The quantitative estimate of drug-likeness (QED) is 0.927. The van der Waals surface area contributed by atoms with Gasteiger partial charge in [0.25, 0.3) is 0 Å². The van der Waals surface area contributed by atoms with E-state index in [-0.39, 0.29) is 17.8 Å². The van der Waals surface area contributed by atoms with Crippen molar-refractivity contribution in [3.05, 3.63) is 71.5 Å². The van der Waals surface area contributed by atoms with E-state index in [2.05, 4.69) is 29.2 Å². The maximum atomic E-state index is 13.3. The van der Waals surface area contributed by atoms with Crippen LogP contribution in [0.15, 0.2) is 54.6 Å². The fourth-order valence-corrected chi connectivity index (χ4v) is 4.68. The Morgan fingerprint density at radius 2 is 1.71 bits per heavy atom. The van der Waals surface area contributed by atoms with Gasteiger partial charge in [0.2, 0.25) is 0 Å². The molecule has 0 radical (unpaired) electrons. The molecule has 2 aliphatic rings. The molecule has 2 nitrogen and oxygen atoms in total. The molecule has 0 spiro atoms. The lowest BCUT2D eigenvalue weighted by atomic mass is 9.69. The molecule has 1 saturated carbocycles. The first-order valence-electron chi connectivity index (χ1n) is 8.90. The molecule has 1 saturated heterocycles. The van der Waals surface area contributed by atoms with Gasteiger partial charge in [0, 0.05) is 25.6 Å². The largest absolute Gasteiger partial charge is 0.392 e. The third kappa shape index (κ3) is 3.11. The van der Waals surface area contributed by atoms with Gasteiger partial charge in [-0.2, -0.15) is 0 Å². The van der Waals surface area contributed by atoms with Crippen LogP contribution in [-0.4, -0.2) is 29.2 Å². The highest BCUT2D eigenvalue weighted by Crippen LogP contribution is 2.45. The average molecular weight is 325 g/mol. The van der Waals surface area contributed by atoms with E-state index in [4.69, 9.17) is 0 Å². The predicted octanol–water partition coefficient (Wildman–Crippen LogP) is 3.81. The summed E-state index contributed by atoms with van der Waals surface area (Å²) in [5.74, 6) is 1.01. The molecule has 1 N–H and O–H groups in total. The normalized spacial score (nSPS) is 30.2. The Morgan fingerprint density at radius 3 is 2.46 bits per heavy atom. The summed E-state index contributed by atoms with van der Waals surface area (Å²) in [5.41, 5.74) is 2.43. The molecule has 0 amide bonds. The second-order valence-electron chi connectivity index (χ2n) is 7.33. The van der Waals surface area contributed by atoms with Gasteiger partial charge in [-0.15, -0.1) is 0 Å². The van der Waals surface area contributed by atoms with Crippen molar-refractivity contribution < 1.29 is 9.50 Å². The Balaban J connectivity index is 1.53. The van der Waals surface area contributed by atoms with Crippen molar-refractivity contribution in [1.29, 1.82) is 0 Å². The van der Waals surface area contributed by atoms with Crippen LogP contribution in [0.5, 0.6) is 0 Å². The highest BCUT2D eigenvalue weighted by molar-refractivity contribution is 5.25. The molecule has 3 heteroatoms. The van der Waals surface area contributed by atoms with Crippen LogP contribution in [0.1, 0.15) is 29.9 Å². The summed E-state index contributed by atoms with van der Waals surface area (Å²) in [6.07, 6.45) is 1.63. The number of likely N-dealkylation sites (tertiary alicyclic amines) is 1. The third-order valence-electron chi connectivity index (χ3n) is 5.78. The van der Waals surface area contributed by atoms with Gasteiger partial charge in [-0.1, -0.05) is 42.5 Å². The number of aliphatic hydroxyl groups excluding tert-OH is 1. The molecule has 0 bridgehead atoms. The molecule has 1 aliphatic carbocycles. The lowest BCUT2D eigenvalue weighted by Crippen LogP contribution is -2.35. The Morgan fingerprint density at radius 1 is 0.958 bits per heavy atom. The number of aliphatic hydroxyl groups is 1. The number of benzene rings is 2. The van der Waals surface area contributed by atoms with E-state index in [9.17, 15) is 9.50 Å². The molecule has 126 valence electrons. The summed E-state index contributed by atoms with van der Waals surface area (Å²) in [5, 5.41) is 10.6. The lowest BCUT2D eigenvalue weighted by molar-refractivity contribution is 0.0590. The maximum absolute atomic E-state index is 13.3. The first-order chi connectivity index (χ1) is 11.7. The number of hydrogen-bond acceptors (Lipinski definition) is 2. The molecule has 4 atom stereocenters. The van der Waals surface area contributed by atoms with Crippen molar-refractivity contribution in [1.82, 2.24) is 4.90 Å². The Bertz CT molecular complexity index is 672. The minimum absolute atomic E-state index is 0.130. The number of fused-ring (bicyclic) bond motifs is 1. The third-order valence-corrected chi connectivity index (χ3v) is 5.78. The summed E-state index contributed by atoms with van der Waals surface area (Å²) in [6, 6.07) is 17.3. The summed E-state index contributed by atoms with van der Waals surface area (Å²) in [6.45, 7) is 3.09. The summed E-state index contributed by atoms with van der Waals surface area (Å²) < 4.78 is 13.3. The Labute approximate surface area is 142 Å². The topological polar surface area (TPSA) is 23.5 Å². The smallest absolute Gasteiger partial charge is 0.123 e. The monoisotopic (exact) mass is 325 g/mol. The molecule has 1 heterocycles. The zero-order chi connectivity index (χ0) is 16.5. The molecular weight excluding hydrogens is 301 g/mol. The fraction of sp³-hybridized carbons (Fsp3) is 0.429. The molecule has 24 heavy (non-hydrogen) atoms. The highest BCUT2D eigenvalue weighted by atomic mass is 19.1. The van der Waals surface area contributed by atoms with Crippen molar-refractivity contribution in [2.75, 3.05) is 13.1 Å². The van der Waals surface area contributed by atoms with E-state index in [0.29, 0.717) is 11.8 Å². The second kappa shape index (κ2) is 6.66. The van der Waals surface area contributed by atoms with Crippen LogP contribution in [0, 0.1) is 17.7 Å². The van der Waals surface area contributed by atoms with E-state index in [0.717, 1.165) is 38.0 Å². The van der Waals surface area contributed by atoms with Crippen LogP contribution < -0.4 is 0 Å². The van der Waals surface area contributed by atoms with Crippen LogP contribution in [0.3, 0.4) is 0 Å². The maximum Gasteiger partial charge on any atom is 0.123 e. The van der Waals surface area contributed by atoms with Crippen LogP contribution in [-0.2, 0) is 6.54 Å². The molecule has 2 aromatic carbocycles. The van der Waals surface area contributed by atoms with Crippen molar-refractivity contribution in [3.63, 3.8) is 0 Å². The predicted molar refractivity (Wildman–Crippen MR) is 93.1 cm³/mol. The van der Waals surface area contributed by atoms with Gasteiger partial charge in [0.05, 0.1) is 6.10 Å². The Hall–Kier alpha value is -1.71. The van der Waals surface area contributed by atoms with Gasteiger partial charge in [-0.25, -0.2) is 4.39 Å². The summed E-state index contributed by atoms with van der Waals surface area (Å²) in [4.78, 5) is 2.51. The number of halogens is 1. The zero-order valence-electron chi connectivity index (χ0n) is 13.8. The first-order valence-corrected chi connectivity index (χ1v) is 8.90. The van der Waals surface area contributed by atoms with Crippen molar-refractivity contribution in [2.24, 2.45) is 11.8 Å². The van der Waals surface area contributed by atoms with E-state index < -0.39 is 0 Å². The van der Waals surface area contributed by atoms with Crippen LogP contribution in [0.4, 0.5) is 4.39 Å². The van der Waals surface area contributed by atoms with Crippen molar-refractivity contribution >= 4 is 0 Å². The minimum atomic E-state index is -0.312. The summed E-state index contributed by atoms with van der Waals surface area (Å²) in [7, 11) is 0. The molecular formula is C21H24FNO. The van der Waals surface area contributed by atoms with Gasteiger partial charge < -0.3 is 5.11 Å². The average Bonchev–Trinajstić information content (AvgIpc) is 2.99. The van der Waals surface area contributed by atoms with Gasteiger partial charge in [0.15, 0.2) is 0 Å². The van der Waals surface area contributed by atoms with Gasteiger partial charge in [0.1, 0.15) is 5.82 Å².